The largest absolute Gasteiger partial charge is 0.394 e. The lowest BCUT2D eigenvalue weighted by molar-refractivity contribution is -0.124. The number of amides is 1. The number of hydrogen-bond donors (Lipinski definition) is 4. The minimum absolute atomic E-state index is 0.00567. The lowest BCUT2D eigenvalue weighted by atomic mass is 9.97. The Bertz CT molecular complexity index is 1440. The number of carbonyl (C=O) groups excluding carboxylic acids is 1. The lowest BCUT2D eigenvalue weighted by Crippen LogP contribution is -2.40. The normalized spacial score (nSPS) is 15.6. The number of aliphatic hydroxyl groups is 1. The number of hydroxylamine groups is 1. The number of aryl methyl sites for hydroxylation is 1. The number of fused-ring (bicyclic) bond motifs is 2. The van der Waals surface area contributed by atoms with Gasteiger partial charge in [0.15, 0.2) is 0 Å². The molecule has 4 N–H and O–H groups in total. The van der Waals surface area contributed by atoms with Gasteiger partial charge in [0.2, 0.25) is 0 Å². The highest BCUT2D eigenvalue weighted by atomic mass is 16.5. The molecule has 0 fully saturated rings. The Morgan fingerprint density at radius 2 is 1.92 bits per heavy atom. The summed E-state index contributed by atoms with van der Waals surface area (Å²) in [5, 5.41) is 20.6. The van der Waals surface area contributed by atoms with E-state index in [2.05, 4.69) is 52.9 Å². The fourth-order valence-electron chi connectivity index (χ4n) is 5.46. The molecule has 1 aliphatic rings. The molecule has 1 heterocycles. The van der Waals surface area contributed by atoms with E-state index in [1.165, 1.54) is 28.2 Å². The van der Waals surface area contributed by atoms with Crippen molar-refractivity contribution in [3.63, 3.8) is 0 Å². The van der Waals surface area contributed by atoms with Gasteiger partial charge < -0.3 is 15.0 Å². The molecule has 1 amide bonds. The van der Waals surface area contributed by atoms with E-state index >= 15 is 0 Å². The molecule has 6 nitrogen and oxygen atoms in total. The molecular weight excluding hydrogens is 462 g/mol. The Labute approximate surface area is 216 Å². The number of aromatic nitrogens is 1. The van der Waals surface area contributed by atoms with Gasteiger partial charge in [-0.3, -0.25) is 10.0 Å². The van der Waals surface area contributed by atoms with Crippen molar-refractivity contribution in [1.29, 1.82) is 0 Å². The summed E-state index contributed by atoms with van der Waals surface area (Å²) in [6.07, 6.45) is 7.50. The van der Waals surface area contributed by atoms with Gasteiger partial charge >= 0.3 is 0 Å². The number of nitrogens with one attached hydrogen (secondary N) is 2. The van der Waals surface area contributed by atoms with Crippen LogP contribution in [0, 0.1) is 0 Å². The lowest BCUT2D eigenvalue weighted by Gasteiger charge is -2.40. The first-order chi connectivity index (χ1) is 18.1. The van der Waals surface area contributed by atoms with Crippen LogP contribution in [0.3, 0.4) is 0 Å². The number of hydrogen-bond acceptors (Lipinski definition) is 4. The third kappa shape index (κ3) is 5.07. The van der Waals surface area contributed by atoms with Crippen LogP contribution in [0.1, 0.15) is 40.3 Å². The number of para-hydroxylation sites is 1. The van der Waals surface area contributed by atoms with Crippen molar-refractivity contribution in [3.05, 3.63) is 119 Å². The first-order valence-corrected chi connectivity index (χ1v) is 12.5. The maximum absolute atomic E-state index is 11.4. The topological polar surface area (TPSA) is 88.6 Å². The van der Waals surface area contributed by atoms with Crippen LogP contribution in [0.2, 0.25) is 0 Å². The maximum atomic E-state index is 11.4. The predicted molar refractivity (Wildman–Crippen MR) is 147 cm³/mol. The highest BCUT2D eigenvalue weighted by Crippen LogP contribution is 2.42. The van der Waals surface area contributed by atoms with Crippen molar-refractivity contribution in [3.8, 4) is 0 Å². The molecule has 3 aromatic carbocycles. The Morgan fingerprint density at radius 1 is 1.14 bits per heavy atom. The molecule has 4 aromatic rings. The Kier molecular flexibility index (Phi) is 7.21. The molecular formula is C31H31N3O3. The molecule has 0 spiro atoms. The van der Waals surface area contributed by atoms with Crippen molar-refractivity contribution in [1.82, 2.24) is 15.4 Å². The van der Waals surface area contributed by atoms with Gasteiger partial charge in [-0.2, -0.15) is 0 Å². The average Bonchev–Trinajstić information content (AvgIpc) is 3.55. The van der Waals surface area contributed by atoms with E-state index in [9.17, 15) is 9.90 Å². The van der Waals surface area contributed by atoms with E-state index in [1.54, 1.807) is 11.6 Å². The number of aliphatic hydroxyl groups excluding tert-OH is 1. The molecule has 1 aromatic heterocycles. The number of nitrogens with zero attached hydrogens (tertiary/aromatic N) is 1. The van der Waals surface area contributed by atoms with Crippen molar-refractivity contribution < 1.29 is 15.1 Å². The molecule has 1 aliphatic carbocycles. The Hall–Kier alpha value is -4.13. The second-order valence-electron chi connectivity index (χ2n) is 9.44. The van der Waals surface area contributed by atoms with Gasteiger partial charge in [0.05, 0.1) is 18.7 Å². The summed E-state index contributed by atoms with van der Waals surface area (Å²) in [5.41, 5.74) is 9.11. The van der Waals surface area contributed by atoms with Crippen molar-refractivity contribution in [2.75, 3.05) is 6.61 Å². The van der Waals surface area contributed by atoms with Gasteiger partial charge in [-0.25, -0.2) is 5.48 Å². The monoisotopic (exact) mass is 493 g/mol. The number of aromatic amines is 1. The summed E-state index contributed by atoms with van der Waals surface area (Å²) >= 11 is 0. The second kappa shape index (κ2) is 10.9. The molecule has 0 bridgehead atoms. The zero-order chi connectivity index (χ0) is 25.8. The SMILES string of the molecule is C=C(c1ccccc1)N([C@H](CO)Cc1c[nH]c2ccccc12)[C@@H]1CCc2cc(C=CC(=O)NO)ccc21. The Morgan fingerprint density at radius 3 is 2.70 bits per heavy atom. The van der Waals surface area contributed by atoms with Gasteiger partial charge in [-0.1, -0.05) is 73.3 Å². The predicted octanol–water partition coefficient (Wildman–Crippen LogP) is 5.25. The minimum Gasteiger partial charge on any atom is -0.394 e. The van der Waals surface area contributed by atoms with Crippen molar-refractivity contribution >= 4 is 28.6 Å². The first kappa shape index (κ1) is 24.6. The summed E-state index contributed by atoms with van der Waals surface area (Å²) in [7, 11) is 0. The second-order valence-corrected chi connectivity index (χ2v) is 9.44. The van der Waals surface area contributed by atoms with Crippen LogP contribution in [-0.4, -0.2) is 38.8 Å². The van der Waals surface area contributed by atoms with Gasteiger partial charge in [-0.05, 0) is 59.2 Å². The van der Waals surface area contributed by atoms with Gasteiger partial charge in [-0.15, -0.1) is 0 Å². The summed E-state index contributed by atoms with van der Waals surface area (Å²) in [6, 6.07) is 24.4. The number of carbonyl (C=O) groups is 1. The van der Waals surface area contributed by atoms with Gasteiger partial charge in [0, 0.05) is 28.9 Å². The highest BCUT2D eigenvalue weighted by Gasteiger charge is 2.34. The van der Waals surface area contributed by atoms with E-state index in [0.717, 1.165) is 35.2 Å². The Balaban J connectivity index is 1.50. The molecule has 2 atom stereocenters. The maximum Gasteiger partial charge on any atom is 0.267 e. The van der Waals surface area contributed by atoms with Gasteiger partial charge in [0.1, 0.15) is 0 Å². The fourth-order valence-corrected chi connectivity index (χ4v) is 5.46. The molecule has 0 radical (unpaired) electrons. The molecule has 5 rings (SSSR count). The van der Waals surface area contributed by atoms with Crippen LogP contribution in [0.15, 0.2) is 91.6 Å². The zero-order valence-corrected chi connectivity index (χ0v) is 20.6. The third-order valence-corrected chi connectivity index (χ3v) is 7.24. The third-order valence-electron chi connectivity index (χ3n) is 7.24. The quantitative estimate of drug-likeness (QED) is 0.146. The van der Waals surface area contributed by atoms with E-state index in [-0.39, 0.29) is 18.7 Å². The standard InChI is InChI=1S/C31H31N3O3/c1-21(23-7-3-2-4-8-23)34(26(20-35)18-25-19-32-29-10-6-5-9-27(25)29)30-15-13-24-17-22(11-14-28(24)30)12-16-31(36)33-37/h2-12,14,16-17,19,26,30,32,35,37H,1,13,15,18,20H2,(H,33,36)/t26-,30+/m0/s1. The number of H-pyrrole nitrogens is 1. The molecule has 37 heavy (non-hydrogen) atoms. The van der Waals surface area contributed by atoms with Crippen LogP contribution >= 0.6 is 0 Å². The molecule has 188 valence electrons. The smallest absolute Gasteiger partial charge is 0.267 e. The van der Waals surface area contributed by atoms with Crippen LogP contribution in [0.4, 0.5) is 0 Å². The van der Waals surface area contributed by atoms with Crippen molar-refractivity contribution in [2.24, 2.45) is 0 Å². The van der Waals surface area contributed by atoms with Crippen LogP contribution in [0.25, 0.3) is 22.7 Å². The average molecular weight is 494 g/mol. The van der Waals surface area contributed by atoms with Crippen LogP contribution < -0.4 is 5.48 Å². The minimum atomic E-state index is -0.563. The molecule has 6 heteroatoms. The van der Waals surface area contributed by atoms with Crippen molar-refractivity contribution in [2.45, 2.75) is 31.3 Å². The van der Waals surface area contributed by atoms with E-state index in [0.29, 0.717) is 6.42 Å². The summed E-state index contributed by atoms with van der Waals surface area (Å²) in [5.74, 6) is -0.563. The van der Waals surface area contributed by atoms with E-state index in [1.807, 2.05) is 42.6 Å². The van der Waals surface area contributed by atoms with E-state index in [4.69, 9.17) is 5.21 Å². The molecule has 0 saturated carbocycles. The summed E-state index contributed by atoms with van der Waals surface area (Å²) in [6.45, 7) is 4.50. The number of rotatable bonds is 9. The van der Waals surface area contributed by atoms with Crippen LogP contribution in [0.5, 0.6) is 0 Å². The van der Waals surface area contributed by atoms with Crippen LogP contribution in [-0.2, 0) is 17.6 Å². The summed E-state index contributed by atoms with van der Waals surface area (Å²) < 4.78 is 0. The summed E-state index contributed by atoms with van der Waals surface area (Å²) in [4.78, 5) is 17.1. The fraction of sp³-hybridized carbons (Fsp3) is 0.194. The molecule has 0 saturated heterocycles. The van der Waals surface area contributed by atoms with E-state index < -0.39 is 5.91 Å². The highest BCUT2D eigenvalue weighted by molar-refractivity contribution is 5.90. The number of benzene rings is 3. The zero-order valence-electron chi connectivity index (χ0n) is 20.6. The first-order valence-electron chi connectivity index (χ1n) is 12.5. The van der Waals surface area contributed by atoms with Gasteiger partial charge in [0.25, 0.3) is 5.91 Å². The molecule has 0 aliphatic heterocycles. The molecule has 0 unspecified atom stereocenters.